The molecule has 6 nitrogen and oxygen atoms in total. The number of Topliss-reactive ketones (excluding diaryl/α,β-unsaturated/α-hetero) is 1. The van der Waals surface area contributed by atoms with Crippen LogP contribution in [0.1, 0.15) is 24.2 Å². The van der Waals surface area contributed by atoms with Gasteiger partial charge in [0, 0.05) is 17.8 Å². The smallest absolute Gasteiger partial charge is 0.269 e. The zero-order valence-corrected chi connectivity index (χ0v) is 13.2. The van der Waals surface area contributed by atoms with E-state index in [-0.39, 0.29) is 30.3 Å². The Morgan fingerprint density at radius 3 is 2.86 bits per heavy atom. The Kier molecular flexibility index (Phi) is 5.15. The van der Waals surface area contributed by atoms with Crippen molar-refractivity contribution >= 4 is 21.6 Å². The highest BCUT2D eigenvalue weighted by Crippen LogP contribution is 2.25. The van der Waals surface area contributed by atoms with E-state index in [9.17, 15) is 17.6 Å². The fraction of sp³-hybridized carbons (Fsp3) is 0.500. The van der Waals surface area contributed by atoms with Crippen LogP contribution in [0.2, 0.25) is 0 Å². The number of ketones is 1. The molecule has 1 heterocycles. The number of benzene rings is 1. The highest BCUT2D eigenvalue weighted by Gasteiger charge is 2.27. The van der Waals surface area contributed by atoms with Gasteiger partial charge in [-0.15, -0.1) is 0 Å². The minimum Gasteiger partial charge on any atom is -0.363 e. The van der Waals surface area contributed by atoms with E-state index < -0.39 is 22.2 Å². The van der Waals surface area contributed by atoms with E-state index in [0.29, 0.717) is 12.2 Å². The Bertz CT molecular complexity index is 661. The van der Waals surface area contributed by atoms with Crippen molar-refractivity contribution in [3.63, 3.8) is 0 Å². The highest BCUT2D eigenvalue weighted by molar-refractivity contribution is 7.86. The molecule has 0 spiro atoms. The summed E-state index contributed by atoms with van der Waals surface area (Å²) in [4.78, 5) is 13.4. The fourth-order valence-electron chi connectivity index (χ4n) is 2.19. The van der Waals surface area contributed by atoms with Crippen LogP contribution in [0.5, 0.6) is 0 Å². The molecule has 1 aliphatic heterocycles. The summed E-state index contributed by atoms with van der Waals surface area (Å²) in [6.45, 7) is 3.68. The van der Waals surface area contributed by atoms with E-state index in [4.69, 9.17) is 8.92 Å². The van der Waals surface area contributed by atoms with Crippen LogP contribution in [-0.4, -0.2) is 45.9 Å². The third-order valence-electron chi connectivity index (χ3n) is 3.32. The van der Waals surface area contributed by atoms with E-state index in [1.54, 1.807) is 4.90 Å². The van der Waals surface area contributed by atoms with Gasteiger partial charge in [-0.25, -0.2) is 8.57 Å². The number of carbonyl (C=O) groups excluding carboxylic acids is 1. The minimum absolute atomic E-state index is 0.144. The van der Waals surface area contributed by atoms with Crippen molar-refractivity contribution in [3.05, 3.63) is 29.6 Å². The average molecular weight is 331 g/mol. The maximum atomic E-state index is 13.3. The first kappa shape index (κ1) is 16.9. The number of rotatable bonds is 5. The topological polar surface area (TPSA) is 72.9 Å². The fourth-order valence-corrected chi connectivity index (χ4v) is 2.77. The Morgan fingerprint density at radius 2 is 2.23 bits per heavy atom. The number of carbonyl (C=O) groups is 1. The van der Waals surface area contributed by atoms with Gasteiger partial charge < -0.3 is 9.64 Å². The van der Waals surface area contributed by atoms with Gasteiger partial charge in [-0.1, -0.05) is 0 Å². The maximum absolute atomic E-state index is 13.3. The van der Waals surface area contributed by atoms with Crippen molar-refractivity contribution in [1.29, 1.82) is 0 Å². The molecule has 22 heavy (non-hydrogen) atoms. The molecular weight excluding hydrogens is 313 g/mol. The monoisotopic (exact) mass is 331 g/mol. The second kappa shape index (κ2) is 6.72. The van der Waals surface area contributed by atoms with Crippen molar-refractivity contribution in [1.82, 2.24) is 0 Å². The molecule has 0 amide bonds. The van der Waals surface area contributed by atoms with Gasteiger partial charge in [-0.2, -0.15) is 8.42 Å². The Morgan fingerprint density at radius 1 is 1.50 bits per heavy atom. The molecule has 1 fully saturated rings. The van der Waals surface area contributed by atoms with Crippen LogP contribution >= 0.6 is 0 Å². The van der Waals surface area contributed by atoms with Crippen LogP contribution in [0.25, 0.3) is 0 Å². The van der Waals surface area contributed by atoms with E-state index in [0.717, 1.165) is 0 Å². The summed E-state index contributed by atoms with van der Waals surface area (Å²) in [5.74, 6) is -0.912. The van der Waals surface area contributed by atoms with Crippen LogP contribution in [0.4, 0.5) is 10.1 Å². The molecule has 0 bridgehead atoms. The number of halogens is 1. The molecule has 1 atom stereocenters. The van der Waals surface area contributed by atoms with Crippen LogP contribution in [-0.2, 0) is 19.0 Å². The largest absolute Gasteiger partial charge is 0.363 e. The normalized spacial score (nSPS) is 19.2. The zero-order chi connectivity index (χ0) is 16.3. The summed E-state index contributed by atoms with van der Waals surface area (Å²) in [6.07, 6.45) is -0.941. The molecule has 0 aromatic heterocycles. The lowest BCUT2D eigenvalue weighted by Gasteiger charge is -2.34. The van der Waals surface area contributed by atoms with Crippen LogP contribution in [0.3, 0.4) is 0 Å². The molecule has 1 aliphatic rings. The quantitative estimate of drug-likeness (QED) is 0.602. The lowest BCUT2D eigenvalue weighted by molar-refractivity contribution is -0.0825. The van der Waals surface area contributed by atoms with Crippen LogP contribution in [0, 0.1) is 5.82 Å². The first-order chi connectivity index (χ1) is 10.3. The molecule has 1 saturated heterocycles. The Balaban J connectivity index is 2.21. The van der Waals surface area contributed by atoms with E-state index in [1.807, 2.05) is 0 Å². The molecule has 2 rings (SSSR count). The molecule has 0 radical (unpaired) electrons. The maximum Gasteiger partial charge on any atom is 0.269 e. The van der Waals surface area contributed by atoms with E-state index in [1.165, 1.54) is 32.0 Å². The van der Waals surface area contributed by atoms with E-state index in [2.05, 4.69) is 0 Å². The Hall–Kier alpha value is -1.51. The van der Waals surface area contributed by atoms with Crippen molar-refractivity contribution in [2.24, 2.45) is 0 Å². The molecule has 1 aromatic carbocycles. The molecule has 0 saturated carbocycles. The third-order valence-corrected chi connectivity index (χ3v) is 4.54. The molecular formula is C14H18FNO5S. The first-order valence-corrected chi connectivity index (χ1v) is 8.48. The van der Waals surface area contributed by atoms with Gasteiger partial charge in [0.05, 0.1) is 18.9 Å². The lowest BCUT2D eigenvalue weighted by Crippen LogP contribution is -2.45. The lowest BCUT2D eigenvalue weighted by atomic mass is 10.1. The molecule has 1 aromatic rings. The first-order valence-electron chi connectivity index (χ1n) is 6.90. The SMILES string of the molecule is CCS(=O)(=O)OC1CN(c2ccc(F)cc2C(C)=O)CCO1. The van der Waals surface area contributed by atoms with Crippen molar-refractivity contribution in [2.75, 3.05) is 30.3 Å². The third kappa shape index (κ3) is 4.02. The number of nitrogens with zero attached hydrogens (tertiary/aromatic N) is 1. The number of hydrogen-bond donors (Lipinski definition) is 0. The van der Waals surface area contributed by atoms with Crippen LogP contribution < -0.4 is 4.90 Å². The Labute approximate surface area is 128 Å². The number of morpholine rings is 1. The molecule has 8 heteroatoms. The predicted molar refractivity (Wildman–Crippen MR) is 78.9 cm³/mol. The molecule has 122 valence electrons. The zero-order valence-electron chi connectivity index (χ0n) is 12.4. The molecule has 0 N–H and O–H groups in total. The summed E-state index contributed by atoms with van der Waals surface area (Å²) in [7, 11) is -3.64. The average Bonchev–Trinajstić information content (AvgIpc) is 2.47. The van der Waals surface area contributed by atoms with Gasteiger partial charge >= 0.3 is 0 Å². The van der Waals surface area contributed by atoms with Crippen molar-refractivity contribution in [2.45, 2.75) is 20.1 Å². The van der Waals surface area contributed by atoms with Gasteiger partial charge in [0.15, 0.2) is 12.1 Å². The van der Waals surface area contributed by atoms with Crippen molar-refractivity contribution in [3.8, 4) is 0 Å². The minimum atomic E-state index is -3.64. The van der Waals surface area contributed by atoms with Gasteiger partial charge in [0.1, 0.15) is 5.82 Å². The van der Waals surface area contributed by atoms with Gasteiger partial charge in [-0.3, -0.25) is 4.79 Å². The second-order valence-electron chi connectivity index (χ2n) is 4.91. The van der Waals surface area contributed by atoms with Crippen molar-refractivity contribution < 1.29 is 26.5 Å². The summed E-state index contributed by atoms with van der Waals surface area (Å²) in [5.41, 5.74) is 0.790. The predicted octanol–water partition coefficient (Wildman–Crippen LogP) is 1.56. The second-order valence-corrected chi connectivity index (χ2v) is 6.79. The highest BCUT2D eigenvalue weighted by atomic mass is 32.2. The number of anilines is 1. The summed E-state index contributed by atoms with van der Waals surface area (Å²) in [6, 6.07) is 3.93. The summed E-state index contributed by atoms with van der Waals surface area (Å²) in [5, 5.41) is 0. The molecule has 1 unspecified atom stereocenters. The summed E-state index contributed by atoms with van der Waals surface area (Å²) < 4.78 is 46.6. The van der Waals surface area contributed by atoms with Gasteiger partial charge in [0.25, 0.3) is 10.1 Å². The van der Waals surface area contributed by atoms with Gasteiger partial charge in [0.2, 0.25) is 0 Å². The van der Waals surface area contributed by atoms with Gasteiger partial charge in [-0.05, 0) is 32.0 Å². The van der Waals surface area contributed by atoms with Crippen LogP contribution in [0.15, 0.2) is 18.2 Å². The number of ether oxygens (including phenoxy) is 1. The standard InChI is InChI=1S/C14H18FNO5S/c1-3-22(18,19)21-14-9-16(6-7-20-14)13-5-4-11(15)8-12(13)10(2)17/h4-5,8,14H,3,6-7,9H2,1-2H3. The van der Waals surface area contributed by atoms with E-state index >= 15 is 0 Å². The molecule has 0 aliphatic carbocycles. The summed E-state index contributed by atoms with van der Waals surface area (Å²) >= 11 is 0. The number of hydrogen-bond acceptors (Lipinski definition) is 6.